The van der Waals surface area contributed by atoms with Gasteiger partial charge in [-0.05, 0) is 67.1 Å². The van der Waals surface area contributed by atoms with Crippen LogP contribution in [0, 0.1) is 0 Å². The maximum atomic E-state index is 12.3. The molecular formula is C23H25N3O2. The summed E-state index contributed by atoms with van der Waals surface area (Å²) in [6, 6.07) is 16.1. The van der Waals surface area contributed by atoms with E-state index in [0.717, 1.165) is 24.2 Å². The van der Waals surface area contributed by atoms with Crippen molar-refractivity contribution in [2.75, 3.05) is 7.11 Å². The van der Waals surface area contributed by atoms with Crippen LogP contribution in [0.1, 0.15) is 36.1 Å². The van der Waals surface area contributed by atoms with E-state index in [4.69, 9.17) is 4.74 Å². The summed E-state index contributed by atoms with van der Waals surface area (Å²) in [5.41, 5.74) is 7.66. The fourth-order valence-corrected chi connectivity index (χ4v) is 3.98. The second kappa shape index (κ2) is 8.30. The second-order valence-corrected chi connectivity index (χ2v) is 7.12. The Bertz CT molecular complexity index is 1000. The lowest BCUT2D eigenvalue weighted by molar-refractivity contribution is -0.121. The van der Waals surface area contributed by atoms with Gasteiger partial charge in [0.1, 0.15) is 5.75 Å². The van der Waals surface area contributed by atoms with Gasteiger partial charge in [0.25, 0.3) is 0 Å². The maximum Gasteiger partial charge on any atom is 0.241 e. The van der Waals surface area contributed by atoms with Crippen molar-refractivity contribution in [1.82, 2.24) is 9.99 Å². The molecule has 5 heteroatoms. The number of benzene rings is 2. The fourth-order valence-electron chi connectivity index (χ4n) is 3.98. The maximum absolute atomic E-state index is 12.3. The van der Waals surface area contributed by atoms with Crippen LogP contribution in [-0.2, 0) is 24.2 Å². The van der Waals surface area contributed by atoms with Crippen LogP contribution in [0.15, 0.2) is 53.6 Å². The largest absolute Gasteiger partial charge is 0.497 e. The van der Waals surface area contributed by atoms with Gasteiger partial charge in [-0.3, -0.25) is 4.79 Å². The molecule has 0 saturated carbocycles. The summed E-state index contributed by atoms with van der Waals surface area (Å²) in [6.07, 6.45) is 6.76. The number of nitrogens with one attached hydrogen (secondary N) is 1. The van der Waals surface area contributed by atoms with E-state index in [1.165, 1.54) is 35.0 Å². The Morgan fingerprint density at radius 3 is 2.75 bits per heavy atom. The zero-order chi connectivity index (χ0) is 19.3. The minimum atomic E-state index is -0.0768. The lowest BCUT2D eigenvalue weighted by Crippen LogP contribution is -2.20. The molecule has 1 aromatic heterocycles. The standard InChI is InChI=1S/C23H25N3O2/c1-28-18-12-10-17(11-13-18)16-24-25-23(27)14-15-26-21-8-4-2-6-19(21)20-7-3-5-9-22(20)26/h2,4,6,8,10-13,16H,3,5,7,9,14-15H2,1H3,(H,25,27). The van der Waals surface area contributed by atoms with E-state index in [0.29, 0.717) is 13.0 Å². The van der Waals surface area contributed by atoms with Crippen LogP contribution >= 0.6 is 0 Å². The molecule has 0 unspecified atom stereocenters. The molecule has 1 amide bonds. The third-order valence-corrected chi connectivity index (χ3v) is 5.37. The quantitative estimate of drug-likeness (QED) is 0.522. The minimum Gasteiger partial charge on any atom is -0.497 e. The summed E-state index contributed by atoms with van der Waals surface area (Å²) in [5, 5.41) is 5.41. The Kier molecular flexibility index (Phi) is 5.42. The van der Waals surface area contributed by atoms with E-state index in [2.05, 4.69) is 39.4 Å². The van der Waals surface area contributed by atoms with Gasteiger partial charge in [0, 0.05) is 29.6 Å². The van der Waals surface area contributed by atoms with Crippen molar-refractivity contribution in [1.29, 1.82) is 0 Å². The van der Waals surface area contributed by atoms with Gasteiger partial charge >= 0.3 is 0 Å². The number of methoxy groups -OCH3 is 1. The number of aryl methyl sites for hydroxylation is 2. The molecule has 0 saturated heterocycles. The number of fused-ring (bicyclic) bond motifs is 3. The lowest BCUT2D eigenvalue weighted by atomic mass is 9.95. The molecule has 28 heavy (non-hydrogen) atoms. The van der Waals surface area contributed by atoms with Gasteiger partial charge in [0.15, 0.2) is 0 Å². The molecule has 0 atom stereocenters. The minimum absolute atomic E-state index is 0.0768. The molecule has 0 spiro atoms. The van der Waals surface area contributed by atoms with Crippen molar-refractivity contribution >= 4 is 23.0 Å². The number of hydrogen-bond donors (Lipinski definition) is 1. The molecule has 0 radical (unpaired) electrons. The van der Waals surface area contributed by atoms with Gasteiger partial charge < -0.3 is 9.30 Å². The summed E-state index contributed by atoms with van der Waals surface area (Å²) in [4.78, 5) is 12.3. The highest BCUT2D eigenvalue weighted by molar-refractivity contribution is 5.86. The predicted molar refractivity (Wildman–Crippen MR) is 112 cm³/mol. The summed E-state index contributed by atoms with van der Waals surface area (Å²) >= 11 is 0. The molecule has 1 heterocycles. The average Bonchev–Trinajstić information content (AvgIpc) is 3.07. The van der Waals surface area contributed by atoms with Gasteiger partial charge in [-0.15, -0.1) is 0 Å². The Hall–Kier alpha value is -3.08. The van der Waals surface area contributed by atoms with Gasteiger partial charge in [-0.2, -0.15) is 5.10 Å². The second-order valence-electron chi connectivity index (χ2n) is 7.12. The molecule has 4 rings (SSSR count). The molecule has 0 fully saturated rings. The first-order valence-corrected chi connectivity index (χ1v) is 9.81. The van der Waals surface area contributed by atoms with Crippen LogP contribution in [0.3, 0.4) is 0 Å². The molecule has 2 aromatic carbocycles. The van der Waals surface area contributed by atoms with Gasteiger partial charge in [-0.1, -0.05) is 18.2 Å². The molecule has 5 nitrogen and oxygen atoms in total. The van der Waals surface area contributed by atoms with Crippen molar-refractivity contribution in [3.8, 4) is 5.75 Å². The van der Waals surface area contributed by atoms with E-state index in [1.54, 1.807) is 13.3 Å². The molecule has 0 bridgehead atoms. The van der Waals surface area contributed by atoms with E-state index >= 15 is 0 Å². The normalized spacial score (nSPS) is 13.6. The smallest absolute Gasteiger partial charge is 0.241 e. The first kappa shape index (κ1) is 18.3. The topological polar surface area (TPSA) is 55.6 Å². The Morgan fingerprint density at radius 1 is 1.14 bits per heavy atom. The zero-order valence-electron chi connectivity index (χ0n) is 16.1. The predicted octanol–water partition coefficient (Wildman–Crippen LogP) is 4.07. The van der Waals surface area contributed by atoms with Gasteiger partial charge in [0.05, 0.1) is 13.3 Å². The summed E-state index contributed by atoms with van der Waals surface area (Å²) in [7, 11) is 1.63. The molecule has 1 aliphatic carbocycles. The number of hydrazone groups is 1. The van der Waals surface area contributed by atoms with Crippen molar-refractivity contribution < 1.29 is 9.53 Å². The molecule has 3 aromatic rings. The Balaban J connectivity index is 1.40. The number of amides is 1. The number of hydrogen-bond acceptors (Lipinski definition) is 3. The highest BCUT2D eigenvalue weighted by Crippen LogP contribution is 2.32. The monoisotopic (exact) mass is 375 g/mol. The summed E-state index contributed by atoms with van der Waals surface area (Å²) in [5.74, 6) is 0.718. The van der Waals surface area contributed by atoms with Crippen molar-refractivity contribution in [3.05, 3.63) is 65.4 Å². The van der Waals surface area contributed by atoms with E-state index in [9.17, 15) is 4.79 Å². The van der Waals surface area contributed by atoms with Gasteiger partial charge in [0.2, 0.25) is 5.91 Å². The number of carbonyl (C=O) groups excluding carboxylic acids is 1. The molecular weight excluding hydrogens is 350 g/mol. The van der Waals surface area contributed by atoms with Crippen LogP contribution in [-0.4, -0.2) is 23.8 Å². The van der Waals surface area contributed by atoms with Crippen molar-refractivity contribution in [2.24, 2.45) is 5.10 Å². The van der Waals surface area contributed by atoms with Crippen molar-refractivity contribution in [2.45, 2.75) is 38.6 Å². The van der Waals surface area contributed by atoms with Crippen LogP contribution in [0.25, 0.3) is 10.9 Å². The van der Waals surface area contributed by atoms with Crippen molar-refractivity contribution in [3.63, 3.8) is 0 Å². The number of carbonyl (C=O) groups is 1. The number of aromatic nitrogens is 1. The fraction of sp³-hybridized carbons (Fsp3) is 0.304. The molecule has 1 N–H and O–H groups in total. The number of para-hydroxylation sites is 1. The zero-order valence-corrected chi connectivity index (χ0v) is 16.1. The Labute approximate surface area is 165 Å². The van der Waals surface area contributed by atoms with E-state index in [1.807, 2.05) is 24.3 Å². The highest BCUT2D eigenvalue weighted by atomic mass is 16.5. The Morgan fingerprint density at radius 2 is 1.93 bits per heavy atom. The summed E-state index contributed by atoms with van der Waals surface area (Å²) < 4.78 is 7.46. The van der Waals surface area contributed by atoms with Crippen LogP contribution in [0.4, 0.5) is 0 Å². The number of nitrogens with zero attached hydrogens (tertiary/aromatic N) is 2. The van der Waals surface area contributed by atoms with Gasteiger partial charge in [-0.25, -0.2) is 5.43 Å². The number of rotatable bonds is 6. The van der Waals surface area contributed by atoms with E-state index < -0.39 is 0 Å². The molecule has 144 valence electrons. The molecule has 0 aliphatic heterocycles. The highest BCUT2D eigenvalue weighted by Gasteiger charge is 2.19. The SMILES string of the molecule is COc1ccc(C=NNC(=O)CCn2c3c(c4ccccc42)CCCC3)cc1. The van der Waals surface area contributed by atoms with E-state index in [-0.39, 0.29) is 5.91 Å². The average molecular weight is 375 g/mol. The lowest BCUT2D eigenvalue weighted by Gasteiger charge is -2.15. The third-order valence-electron chi connectivity index (χ3n) is 5.37. The first-order valence-electron chi connectivity index (χ1n) is 9.81. The van der Waals surface area contributed by atoms with Crippen LogP contribution in [0.2, 0.25) is 0 Å². The third kappa shape index (κ3) is 3.79. The molecule has 1 aliphatic rings. The van der Waals surface area contributed by atoms with Crippen LogP contribution in [0.5, 0.6) is 5.75 Å². The number of ether oxygens (including phenoxy) is 1. The first-order chi connectivity index (χ1) is 13.8. The van der Waals surface area contributed by atoms with Crippen LogP contribution < -0.4 is 10.2 Å². The summed E-state index contributed by atoms with van der Waals surface area (Å²) in [6.45, 7) is 0.680.